The monoisotopic (exact) mass is 241 g/mol. The van der Waals surface area contributed by atoms with Crippen LogP contribution in [0.25, 0.3) is 0 Å². The largest absolute Gasteiger partial charge is 0.294 e. The molecule has 0 amide bonds. The van der Waals surface area contributed by atoms with Crippen molar-refractivity contribution in [2.45, 2.75) is 39.5 Å². The first-order chi connectivity index (χ1) is 8.32. The summed E-state index contributed by atoms with van der Waals surface area (Å²) in [7, 11) is 0. The molecule has 0 aromatic heterocycles. The number of benzene rings is 1. The number of hydrogen-bond acceptors (Lipinski definition) is 2. The van der Waals surface area contributed by atoms with Gasteiger partial charge in [0.15, 0.2) is 5.78 Å². The fourth-order valence-corrected chi connectivity index (χ4v) is 2.14. The maximum atomic E-state index is 11.7. The van der Waals surface area contributed by atoms with Gasteiger partial charge in [-0.3, -0.25) is 9.79 Å². The second-order valence-electron chi connectivity index (χ2n) is 5.55. The number of nitrogens with zero attached hydrogens (tertiary/aromatic N) is 1. The summed E-state index contributed by atoms with van der Waals surface area (Å²) in [5.74, 6) is 0.100. The molecule has 0 atom stereocenters. The van der Waals surface area contributed by atoms with Crippen LogP contribution in [-0.4, -0.2) is 11.5 Å². The van der Waals surface area contributed by atoms with Crippen molar-refractivity contribution in [2.24, 2.45) is 4.99 Å². The van der Waals surface area contributed by atoms with Crippen LogP contribution in [0, 0.1) is 0 Å². The minimum absolute atomic E-state index is 0.0301. The Morgan fingerprint density at radius 3 is 2.67 bits per heavy atom. The van der Waals surface area contributed by atoms with Gasteiger partial charge >= 0.3 is 0 Å². The first kappa shape index (κ1) is 12.7. The molecule has 2 nitrogen and oxygen atoms in total. The number of fused-ring (bicyclic) bond motifs is 1. The predicted octanol–water partition coefficient (Wildman–Crippen LogP) is 3.76. The molecule has 0 radical (unpaired) electrons. The van der Waals surface area contributed by atoms with Gasteiger partial charge in [0, 0.05) is 17.5 Å². The Hall–Kier alpha value is -1.70. The van der Waals surface area contributed by atoms with E-state index in [1.54, 1.807) is 6.92 Å². The summed E-state index contributed by atoms with van der Waals surface area (Å²) in [5, 5.41) is 0. The number of Topliss-reactive ketones (excluding diaryl/α,β-unsaturated/α-hetero) is 1. The highest BCUT2D eigenvalue weighted by Gasteiger charge is 2.32. The Morgan fingerprint density at radius 1 is 1.39 bits per heavy atom. The molecule has 0 unspecified atom stereocenters. The molecule has 0 bridgehead atoms. The first-order valence-electron chi connectivity index (χ1n) is 6.20. The summed E-state index contributed by atoms with van der Waals surface area (Å²) in [6.07, 6.45) is 0.428. The van der Waals surface area contributed by atoms with E-state index in [4.69, 9.17) is 0 Å². The Labute approximate surface area is 108 Å². The molecule has 0 aliphatic carbocycles. The maximum absolute atomic E-state index is 11.7. The van der Waals surface area contributed by atoms with E-state index in [1.165, 1.54) is 5.56 Å². The van der Waals surface area contributed by atoms with Gasteiger partial charge in [0.25, 0.3) is 0 Å². The fourth-order valence-electron chi connectivity index (χ4n) is 2.14. The van der Waals surface area contributed by atoms with Crippen molar-refractivity contribution < 1.29 is 4.79 Å². The SMILES string of the molecule is C=C(C)C(=O)Cc1ccc2c(c1)C(C)(C)C(C)=N2. The lowest BCUT2D eigenvalue weighted by Gasteiger charge is -2.20. The van der Waals surface area contributed by atoms with Gasteiger partial charge in [-0.25, -0.2) is 0 Å². The summed E-state index contributed by atoms with van der Waals surface area (Å²) in [6, 6.07) is 6.10. The van der Waals surface area contributed by atoms with Gasteiger partial charge in [0.05, 0.1) is 5.69 Å². The summed E-state index contributed by atoms with van der Waals surface area (Å²) >= 11 is 0. The van der Waals surface area contributed by atoms with Crippen molar-refractivity contribution in [3.05, 3.63) is 41.5 Å². The second-order valence-corrected chi connectivity index (χ2v) is 5.55. The number of carbonyl (C=O) groups excluding carboxylic acids is 1. The summed E-state index contributed by atoms with van der Waals surface area (Å²) in [5.41, 5.74) is 5.00. The van der Waals surface area contributed by atoms with Crippen LogP contribution in [0.5, 0.6) is 0 Å². The number of carbonyl (C=O) groups is 1. The summed E-state index contributed by atoms with van der Waals surface area (Å²) in [6.45, 7) is 11.8. The lowest BCUT2D eigenvalue weighted by Crippen LogP contribution is -2.22. The average molecular weight is 241 g/mol. The molecule has 1 aliphatic heterocycles. The van der Waals surface area contributed by atoms with Crippen LogP contribution in [-0.2, 0) is 16.6 Å². The molecule has 1 aliphatic rings. The molecular weight excluding hydrogens is 222 g/mol. The molecule has 0 fully saturated rings. The van der Waals surface area contributed by atoms with Gasteiger partial charge in [0.1, 0.15) is 0 Å². The van der Waals surface area contributed by atoms with E-state index in [9.17, 15) is 4.79 Å². The molecule has 0 saturated carbocycles. The standard InChI is InChI=1S/C16H19NO/c1-10(2)15(18)9-12-6-7-14-13(8-12)16(4,5)11(3)17-14/h6-8H,1,9H2,2-5H3. The van der Waals surface area contributed by atoms with Crippen molar-refractivity contribution in [1.29, 1.82) is 0 Å². The van der Waals surface area contributed by atoms with Gasteiger partial charge in [-0.05, 0) is 36.6 Å². The lowest BCUT2D eigenvalue weighted by molar-refractivity contribution is -0.114. The highest BCUT2D eigenvalue weighted by molar-refractivity contribution is 6.00. The number of rotatable bonds is 3. The van der Waals surface area contributed by atoms with Crippen LogP contribution < -0.4 is 0 Å². The summed E-state index contributed by atoms with van der Waals surface area (Å²) < 4.78 is 0. The number of ketones is 1. The second kappa shape index (κ2) is 4.20. The van der Waals surface area contributed by atoms with Crippen molar-refractivity contribution in [1.82, 2.24) is 0 Å². The van der Waals surface area contributed by atoms with E-state index in [1.807, 2.05) is 12.1 Å². The highest BCUT2D eigenvalue weighted by atomic mass is 16.1. The molecule has 0 spiro atoms. The molecule has 0 saturated heterocycles. The summed E-state index contributed by atoms with van der Waals surface area (Å²) in [4.78, 5) is 16.3. The Kier molecular flexibility index (Phi) is 2.97. The molecule has 0 N–H and O–H groups in total. The normalized spacial score (nSPS) is 16.1. The van der Waals surface area contributed by atoms with E-state index >= 15 is 0 Å². The van der Waals surface area contributed by atoms with Crippen LogP contribution in [0.4, 0.5) is 5.69 Å². The minimum atomic E-state index is -0.0301. The zero-order valence-electron chi connectivity index (χ0n) is 11.5. The molecule has 18 heavy (non-hydrogen) atoms. The third-order valence-electron chi connectivity index (χ3n) is 3.77. The third-order valence-corrected chi connectivity index (χ3v) is 3.77. The number of allylic oxidation sites excluding steroid dienone is 1. The molecular formula is C16H19NO. The lowest BCUT2D eigenvalue weighted by atomic mass is 9.81. The number of aliphatic imine (C=N–C) groups is 1. The van der Waals surface area contributed by atoms with E-state index in [2.05, 4.69) is 38.4 Å². The molecule has 1 aromatic carbocycles. The molecule has 94 valence electrons. The van der Waals surface area contributed by atoms with Crippen LogP contribution in [0.3, 0.4) is 0 Å². The van der Waals surface area contributed by atoms with E-state index in [0.717, 1.165) is 17.0 Å². The van der Waals surface area contributed by atoms with Crippen LogP contribution >= 0.6 is 0 Å². The van der Waals surface area contributed by atoms with Gasteiger partial charge in [-0.1, -0.05) is 32.6 Å². The zero-order chi connectivity index (χ0) is 13.5. The van der Waals surface area contributed by atoms with Crippen molar-refractivity contribution >= 4 is 17.2 Å². The van der Waals surface area contributed by atoms with Crippen molar-refractivity contribution in [2.75, 3.05) is 0 Å². The van der Waals surface area contributed by atoms with Gasteiger partial charge in [-0.15, -0.1) is 0 Å². The van der Waals surface area contributed by atoms with Gasteiger partial charge in [-0.2, -0.15) is 0 Å². The van der Waals surface area contributed by atoms with Crippen LogP contribution in [0.15, 0.2) is 35.3 Å². The molecule has 1 aromatic rings. The zero-order valence-corrected chi connectivity index (χ0v) is 11.5. The van der Waals surface area contributed by atoms with Crippen molar-refractivity contribution in [3.63, 3.8) is 0 Å². The topological polar surface area (TPSA) is 29.4 Å². The van der Waals surface area contributed by atoms with Crippen molar-refractivity contribution in [3.8, 4) is 0 Å². The maximum Gasteiger partial charge on any atom is 0.162 e. The minimum Gasteiger partial charge on any atom is -0.294 e. The smallest absolute Gasteiger partial charge is 0.162 e. The van der Waals surface area contributed by atoms with Gasteiger partial charge < -0.3 is 0 Å². The molecule has 2 heteroatoms. The predicted molar refractivity (Wildman–Crippen MR) is 75.8 cm³/mol. The quantitative estimate of drug-likeness (QED) is 0.741. The molecule has 1 heterocycles. The van der Waals surface area contributed by atoms with Crippen LogP contribution in [0.2, 0.25) is 0 Å². The Bertz CT molecular complexity index is 564. The first-order valence-corrected chi connectivity index (χ1v) is 6.20. The number of hydrogen-bond donors (Lipinski definition) is 0. The van der Waals surface area contributed by atoms with E-state index < -0.39 is 0 Å². The van der Waals surface area contributed by atoms with Crippen LogP contribution in [0.1, 0.15) is 38.8 Å². The van der Waals surface area contributed by atoms with E-state index in [0.29, 0.717) is 12.0 Å². The Balaban J connectivity index is 2.34. The van der Waals surface area contributed by atoms with Gasteiger partial charge in [0.2, 0.25) is 0 Å². The highest BCUT2D eigenvalue weighted by Crippen LogP contribution is 2.40. The molecule has 2 rings (SSSR count). The third kappa shape index (κ3) is 2.03. The Morgan fingerprint density at radius 2 is 2.06 bits per heavy atom. The fraction of sp³-hybridized carbons (Fsp3) is 0.375. The average Bonchev–Trinajstić information content (AvgIpc) is 2.51. The van der Waals surface area contributed by atoms with E-state index in [-0.39, 0.29) is 11.2 Å².